The van der Waals surface area contributed by atoms with E-state index in [9.17, 15) is 0 Å². The molecule has 0 amide bonds. The first kappa shape index (κ1) is 12.8. The van der Waals surface area contributed by atoms with Crippen molar-refractivity contribution < 1.29 is 0 Å². The number of halogens is 2. The van der Waals surface area contributed by atoms with E-state index in [1.54, 1.807) is 11.3 Å². The van der Waals surface area contributed by atoms with Gasteiger partial charge in [-0.05, 0) is 34.9 Å². The Hall–Kier alpha value is 0.360. The number of alkyl halides is 2. The zero-order valence-corrected chi connectivity index (χ0v) is 13.7. The largest absolute Gasteiger partial charge is 0.143 e. The molecule has 2 aromatic heterocycles. The van der Waals surface area contributed by atoms with E-state index in [1.807, 2.05) is 11.3 Å². The Balaban J connectivity index is 2.40. The molecule has 0 radical (unpaired) electrons. The Labute approximate surface area is 121 Å². The van der Waals surface area contributed by atoms with Gasteiger partial charge in [-0.1, -0.05) is 51.3 Å². The van der Waals surface area contributed by atoms with Crippen molar-refractivity contribution in [3.63, 3.8) is 0 Å². The molecule has 0 N–H and O–H groups in total. The van der Waals surface area contributed by atoms with Crippen molar-refractivity contribution in [1.29, 1.82) is 0 Å². The van der Waals surface area contributed by atoms with Gasteiger partial charge in [-0.2, -0.15) is 0 Å². The van der Waals surface area contributed by atoms with E-state index in [0.717, 1.165) is 12.8 Å². The second-order valence-electron chi connectivity index (χ2n) is 3.60. The lowest BCUT2D eigenvalue weighted by molar-refractivity contribution is 0.759. The average Bonchev–Trinajstić information content (AvgIpc) is 2.88. The van der Waals surface area contributed by atoms with Crippen LogP contribution in [-0.4, -0.2) is 0 Å². The van der Waals surface area contributed by atoms with Crippen LogP contribution >= 0.6 is 54.5 Å². The summed E-state index contributed by atoms with van der Waals surface area (Å²) in [5.74, 6) is 0. The highest BCUT2D eigenvalue weighted by Crippen LogP contribution is 2.48. The lowest BCUT2D eigenvalue weighted by Gasteiger charge is -2.20. The van der Waals surface area contributed by atoms with Crippen LogP contribution in [-0.2, 0) is 3.23 Å². The highest BCUT2D eigenvalue weighted by Gasteiger charge is 2.28. The minimum absolute atomic E-state index is 0.0753. The summed E-state index contributed by atoms with van der Waals surface area (Å²) in [7, 11) is 0. The number of hydrogen-bond acceptors (Lipinski definition) is 2. The van der Waals surface area contributed by atoms with Gasteiger partial charge in [-0.3, -0.25) is 0 Å². The van der Waals surface area contributed by atoms with Crippen LogP contribution in [0, 0.1) is 0 Å². The molecule has 2 rings (SSSR count). The maximum Gasteiger partial charge on any atom is 0.107 e. The zero-order chi connectivity index (χ0) is 11.6. The fourth-order valence-corrected chi connectivity index (χ4v) is 5.22. The molecule has 0 nitrogen and oxygen atoms in total. The quantitative estimate of drug-likeness (QED) is 0.553. The molecule has 0 aliphatic rings. The summed E-state index contributed by atoms with van der Waals surface area (Å²) < 4.78 is -0.0753. The van der Waals surface area contributed by atoms with Crippen molar-refractivity contribution in [1.82, 2.24) is 0 Å². The predicted molar refractivity (Wildman–Crippen MR) is 82.1 cm³/mol. The standard InChI is InChI=1S/C12H12Br2S2/c1-2-6-12(13,14)9-5-8-16-11(9)10-4-3-7-15-10/h3-5,7-8H,2,6H2,1H3. The average molecular weight is 380 g/mol. The molecular formula is C12H12Br2S2. The van der Waals surface area contributed by atoms with Crippen LogP contribution in [0.3, 0.4) is 0 Å². The highest BCUT2D eigenvalue weighted by atomic mass is 79.9. The fourth-order valence-electron chi connectivity index (χ4n) is 1.64. The minimum atomic E-state index is -0.0753. The Morgan fingerprint density at radius 2 is 2.00 bits per heavy atom. The van der Waals surface area contributed by atoms with Gasteiger partial charge in [0.05, 0.1) is 0 Å². The molecule has 0 aliphatic carbocycles. The third-order valence-corrected chi connectivity index (χ3v) is 5.98. The molecule has 0 fully saturated rings. The highest BCUT2D eigenvalue weighted by molar-refractivity contribution is 9.24. The number of thiophene rings is 2. The van der Waals surface area contributed by atoms with Crippen LogP contribution in [0.5, 0.6) is 0 Å². The molecule has 0 aliphatic heterocycles. The smallest absolute Gasteiger partial charge is 0.107 e. The monoisotopic (exact) mass is 378 g/mol. The van der Waals surface area contributed by atoms with Gasteiger partial charge in [0.2, 0.25) is 0 Å². The van der Waals surface area contributed by atoms with Crippen LogP contribution in [0.2, 0.25) is 0 Å². The summed E-state index contributed by atoms with van der Waals surface area (Å²) in [4.78, 5) is 2.72. The molecule has 2 heterocycles. The van der Waals surface area contributed by atoms with Crippen molar-refractivity contribution >= 4 is 54.5 Å². The minimum Gasteiger partial charge on any atom is -0.143 e. The SMILES string of the molecule is CCCC(Br)(Br)c1ccsc1-c1cccs1. The molecule has 0 aromatic carbocycles. The van der Waals surface area contributed by atoms with E-state index in [1.165, 1.54) is 15.3 Å². The summed E-state index contributed by atoms with van der Waals surface area (Å²) in [5.41, 5.74) is 1.35. The van der Waals surface area contributed by atoms with Crippen LogP contribution < -0.4 is 0 Å². The maximum absolute atomic E-state index is 3.79. The van der Waals surface area contributed by atoms with Gasteiger partial charge in [0.1, 0.15) is 3.23 Å². The van der Waals surface area contributed by atoms with Gasteiger partial charge >= 0.3 is 0 Å². The summed E-state index contributed by atoms with van der Waals surface area (Å²) >= 11 is 11.2. The first-order chi connectivity index (χ1) is 7.65. The second-order valence-corrected chi connectivity index (χ2v) is 9.23. The van der Waals surface area contributed by atoms with E-state index < -0.39 is 0 Å². The molecule has 0 saturated heterocycles. The molecular weight excluding hydrogens is 368 g/mol. The third kappa shape index (κ3) is 2.61. The third-order valence-electron chi connectivity index (χ3n) is 2.37. The lowest BCUT2D eigenvalue weighted by Crippen LogP contribution is -2.07. The molecule has 0 unspecified atom stereocenters. The van der Waals surface area contributed by atoms with E-state index in [2.05, 4.69) is 67.7 Å². The van der Waals surface area contributed by atoms with Crippen molar-refractivity contribution in [3.05, 3.63) is 34.5 Å². The van der Waals surface area contributed by atoms with E-state index in [0.29, 0.717) is 0 Å². The van der Waals surface area contributed by atoms with Gasteiger partial charge in [0.25, 0.3) is 0 Å². The molecule has 0 spiro atoms. The molecule has 0 bridgehead atoms. The molecule has 0 saturated carbocycles. The normalized spacial score (nSPS) is 11.9. The summed E-state index contributed by atoms with van der Waals surface area (Å²) in [5, 5.41) is 4.29. The fraction of sp³-hybridized carbons (Fsp3) is 0.333. The molecule has 16 heavy (non-hydrogen) atoms. The summed E-state index contributed by atoms with van der Waals surface area (Å²) in [6.45, 7) is 2.20. The first-order valence-electron chi connectivity index (χ1n) is 5.15. The zero-order valence-electron chi connectivity index (χ0n) is 8.87. The topological polar surface area (TPSA) is 0 Å². The lowest BCUT2D eigenvalue weighted by atomic mass is 10.1. The van der Waals surface area contributed by atoms with Gasteiger partial charge in [0.15, 0.2) is 0 Å². The second kappa shape index (κ2) is 5.34. The molecule has 2 aromatic rings. The molecule has 86 valence electrons. The van der Waals surface area contributed by atoms with E-state index in [4.69, 9.17) is 0 Å². The molecule has 0 atom stereocenters. The van der Waals surface area contributed by atoms with Crippen LogP contribution in [0.1, 0.15) is 25.3 Å². The van der Waals surface area contributed by atoms with Crippen molar-refractivity contribution in [2.45, 2.75) is 23.0 Å². The van der Waals surface area contributed by atoms with Crippen molar-refractivity contribution in [2.75, 3.05) is 0 Å². The van der Waals surface area contributed by atoms with Gasteiger partial charge < -0.3 is 0 Å². The first-order valence-corrected chi connectivity index (χ1v) is 8.49. The van der Waals surface area contributed by atoms with Gasteiger partial charge in [-0.15, -0.1) is 22.7 Å². The summed E-state index contributed by atoms with van der Waals surface area (Å²) in [6, 6.07) is 6.49. The number of hydrogen-bond donors (Lipinski definition) is 0. The van der Waals surface area contributed by atoms with Gasteiger partial charge in [-0.25, -0.2) is 0 Å². The Morgan fingerprint density at radius 3 is 2.62 bits per heavy atom. The van der Waals surface area contributed by atoms with Crippen LogP contribution in [0.15, 0.2) is 29.0 Å². The predicted octanol–water partition coefficient (Wildman–Crippen LogP) is 6.22. The number of rotatable bonds is 4. The van der Waals surface area contributed by atoms with Gasteiger partial charge in [0, 0.05) is 9.75 Å². The Kier molecular flexibility index (Phi) is 4.27. The Morgan fingerprint density at radius 1 is 1.19 bits per heavy atom. The Bertz CT molecular complexity index is 443. The van der Waals surface area contributed by atoms with Crippen molar-refractivity contribution in [2.24, 2.45) is 0 Å². The van der Waals surface area contributed by atoms with E-state index in [-0.39, 0.29) is 3.23 Å². The molecule has 4 heteroatoms. The summed E-state index contributed by atoms with van der Waals surface area (Å²) in [6.07, 6.45) is 2.23. The van der Waals surface area contributed by atoms with Crippen molar-refractivity contribution in [3.8, 4) is 9.75 Å². The maximum atomic E-state index is 3.79. The van der Waals surface area contributed by atoms with Crippen LogP contribution in [0.4, 0.5) is 0 Å². The van der Waals surface area contributed by atoms with Crippen LogP contribution in [0.25, 0.3) is 9.75 Å². The van der Waals surface area contributed by atoms with E-state index >= 15 is 0 Å².